The zero-order chi connectivity index (χ0) is 19.5. The Balaban J connectivity index is 1.62. The molecule has 1 aromatic carbocycles. The third kappa shape index (κ3) is 4.33. The van der Waals surface area contributed by atoms with Crippen LogP contribution in [0, 0.1) is 0 Å². The van der Waals surface area contributed by atoms with Gasteiger partial charge in [0.25, 0.3) is 5.56 Å². The minimum absolute atomic E-state index is 0.0282. The fourth-order valence-corrected chi connectivity index (χ4v) is 5.76. The van der Waals surface area contributed by atoms with Crippen molar-refractivity contribution in [3.05, 3.63) is 44.8 Å². The van der Waals surface area contributed by atoms with Gasteiger partial charge in [0.05, 0.1) is 22.0 Å². The average molecular weight is 480 g/mol. The van der Waals surface area contributed by atoms with E-state index < -0.39 is 0 Å². The summed E-state index contributed by atoms with van der Waals surface area (Å²) in [5, 5.41) is 0.608. The number of benzene rings is 1. The molecule has 5 nitrogen and oxygen atoms in total. The predicted octanol–water partition coefficient (Wildman–Crippen LogP) is 4.14. The van der Waals surface area contributed by atoms with Gasteiger partial charge < -0.3 is 4.90 Å². The summed E-state index contributed by atoms with van der Waals surface area (Å²) in [5.41, 5.74) is 1.62. The Bertz CT molecular complexity index is 922. The van der Waals surface area contributed by atoms with E-state index in [1.54, 1.807) is 16.3 Å². The van der Waals surface area contributed by atoms with Gasteiger partial charge in [-0.25, -0.2) is 4.98 Å². The molecule has 1 saturated heterocycles. The van der Waals surface area contributed by atoms with Gasteiger partial charge in [0, 0.05) is 29.7 Å². The Morgan fingerprint density at radius 1 is 1.14 bits per heavy atom. The highest BCUT2D eigenvalue weighted by Crippen LogP contribution is 2.30. The number of amides is 1. The maximum atomic E-state index is 13.1. The molecule has 1 amide bonds. The van der Waals surface area contributed by atoms with Gasteiger partial charge in [-0.2, -0.15) is 0 Å². The minimum atomic E-state index is -0.0282. The van der Waals surface area contributed by atoms with Crippen molar-refractivity contribution in [3.63, 3.8) is 0 Å². The lowest BCUT2D eigenvalue weighted by atomic mass is 10.2. The number of carbonyl (C=O) groups is 1. The molecule has 148 valence electrons. The predicted molar refractivity (Wildman–Crippen MR) is 118 cm³/mol. The first-order valence-corrected chi connectivity index (χ1v) is 12.3. The monoisotopic (exact) mass is 479 g/mol. The van der Waals surface area contributed by atoms with E-state index in [4.69, 9.17) is 4.98 Å². The third-order valence-corrected chi connectivity index (χ3v) is 7.59. The summed E-state index contributed by atoms with van der Waals surface area (Å²) >= 11 is 6.39. The van der Waals surface area contributed by atoms with Crippen LogP contribution in [0.2, 0.25) is 0 Å². The van der Waals surface area contributed by atoms with Gasteiger partial charge in [-0.05, 0) is 37.1 Å². The second-order valence-corrected chi connectivity index (χ2v) is 9.93. The number of thioether (sulfide) groups is 2. The summed E-state index contributed by atoms with van der Waals surface area (Å²) in [4.78, 5) is 33.3. The van der Waals surface area contributed by atoms with E-state index in [2.05, 4.69) is 15.9 Å². The number of carbonyl (C=O) groups excluding carboxylic acids is 1. The molecule has 1 fully saturated rings. The molecule has 3 heterocycles. The lowest BCUT2D eigenvalue weighted by molar-refractivity contribution is -0.128. The number of nitrogens with zero attached hydrogens (tertiary/aromatic N) is 3. The SMILES string of the molecule is O=C(CSc1nc2c(c(=O)n1-c1ccc(Br)cc1)SCC2)N1CCCCCC1. The normalized spacial score (nSPS) is 16.7. The molecule has 1 aromatic heterocycles. The van der Waals surface area contributed by atoms with Crippen LogP contribution in [0.15, 0.2) is 43.6 Å². The average Bonchev–Trinajstić information content (AvgIpc) is 3.00. The standard InChI is InChI=1S/C20H22BrN3O2S2/c21-14-5-7-15(8-6-14)24-19(26)18-16(9-12-27-18)22-20(24)28-13-17(25)23-10-3-1-2-4-11-23/h5-8H,1-4,9-13H2. The molecule has 2 aromatic rings. The molecular formula is C20H22BrN3O2S2. The van der Waals surface area contributed by atoms with Crippen molar-refractivity contribution >= 4 is 45.4 Å². The number of fused-ring (bicyclic) bond motifs is 1. The molecule has 0 N–H and O–H groups in total. The lowest BCUT2D eigenvalue weighted by Crippen LogP contribution is -2.33. The van der Waals surface area contributed by atoms with E-state index in [9.17, 15) is 9.59 Å². The van der Waals surface area contributed by atoms with Gasteiger partial charge in [0.2, 0.25) is 5.91 Å². The van der Waals surface area contributed by atoms with Gasteiger partial charge in [0.15, 0.2) is 5.16 Å². The lowest BCUT2D eigenvalue weighted by Gasteiger charge is -2.20. The van der Waals surface area contributed by atoms with E-state index in [-0.39, 0.29) is 11.5 Å². The largest absolute Gasteiger partial charge is 0.342 e. The van der Waals surface area contributed by atoms with E-state index >= 15 is 0 Å². The number of aromatic nitrogens is 2. The quantitative estimate of drug-likeness (QED) is 0.487. The van der Waals surface area contributed by atoms with E-state index in [1.165, 1.54) is 24.6 Å². The van der Waals surface area contributed by atoms with Crippen LogP contribution >= 0.6 is 39.5 Å². The van der Waals surface area contributed by atoms with E-state index in [1.807, 2.05) is 29.2 Å². The van der Waals surface area contributed by atoms with Crippen molar-refractivity contribution < 1.29 is 4.79 Å². The van der Waals surface area contributed by atoms with Crippen LogP contribution in [0.25, 0.3) is 5.69 Å². The molecule has 0 bridgehead atoms. The Kier molecular flexibility index (Phi) is 6.48. The van der Waals surface area contributed by atoms with Crippen molar-refractivity contribution in [1.82, 2.24) is 14.5 Å². The first-order chi connectivity index (χ1) is 13.6. The van der Waals surface area contributed by atoms with Crippen molar-refractivity contribution in [2.75, 3.05) is 24.6 Å². The van der Waals surface area contributed by atoms with Gasteiger partial charge in [-0.1, -0.05) is 40.5 Å². The maximum absolute atomic E-state index is 13.1. The third-order valence-electron chi connectivity index (χ3n) is 5.03. The molecule has 0 radical (unpaired) electrons. The highest BCUT2D eigenvalue weighted by molar-refractivity contribution is 9.10. The van der Waals surface area contributed by atoms with E-state index in [0.717, 1.165) is 58.9 Å². The number of likely N-dealkylation sites (tertiary alicyclic amines) is 1. The summed E-state index contributed by atoms with van der Waals surface area (Å²) in [7, 11) is 0. The summed E-state index contributed by atoms with van der Waals surface area (Å²) in [6, 6.07) is 7.64. The molecule has 0 saturated carbocycles. The van der Waals surface area contributed by atoms with Crippen molar-refractivity contribution in [1.29, 1.82) is 0 Å². The topological polar surface area (TPSA) is 55.2 Å². The first kappa shape index (κ1) is 20.0. The second kappa shape index (κ2) is 9.05. The van der Waals surface area contributed by atoms with Gasteiger partial charge in [-0.3, -0.25) is 14.2 Å². The molecule has 2 aliphatic heterocycles. The fourth-order valence-electron chi connectivity index (χ4n) is 3.54. The number of rotatable bonds is 4. The van der Waals surface area contributed by atoms with Crippen LogP contribution in [0.3, 0.4) is 0 Å². The maximum Gasteiger partial charge on any atom is 0.272 e. The molecule has 2 aliphatic rings. The summed E-state index contributed by atoms with van der Waals surface area (Å²) in [6.07, 6.45) is 5.36. The Morgan fingerprint density at radius 3 is 2.57 bits per heavy atom. The first-order valence-electron chi connectivity index (χ1n) is 9.59. The highest BCUT2D eigenvalue weighted by Gasteiger charge is 2.24. The van der Waals surface area contributed by atoms with Crippen molar-refractivity contribution in [2.45, 2.75) is 42.2 Å². The van der Waals surface area contributed by atoms with Crippen LogP contribution in [0.5, 0.6) is 0 Å². The fraction of sp³-hybridized carbons (Fsp3) is 0.450. The van der Waals surface area contributed by atoms with Gasteiger partial charge in [-0.15, -0.1) is 11.8 Å². The molecule has 8 heteroatoms. The minimum Gasteiger partial charge on any atom is -0.342 e. The molecule has 0 atom stereocenters. The summed E-state index contributed by atoms with van der Waals surface area (Å²) in [5.74, 6) is 1.34. The zero-order valence-corrected chi connectivity index (χ0v) is 18.7. The molecular weight excluding hydrogens is 458 g/mol. The Labute approximate surface area is 181 Å². The van der Waals surface area contributed by atoms with Crippen molar-refractivity contribution in [3.8, 4) is 5.69 Å². The summed E-state index contributed by atoms with van der Waals surface area (Å²) in [6.45, 7) is 1.68. The van der Waals surface area contributed by atoms with Crippen LogP contribution in [0.4, 0.5) is 0 Å². The van der Waals surface area contributed by atoms with Crippen LogP contribution < -0.4 is 5.56 Å². The van der Waals surface area contributed by atoms with Crippen LogP contribution in [0.1, 0.15) is 31.4 Å². The highest BCUT2D eigenvalue weighted by atomic mass is 79.9. The molecule has 4 rings (SSSR count). The van der Waals surface area contributed by atoms with Crippen molar-refractivity contribution in [2.24, 2.45) is 0 Å². The molecule has 0 unspecified atom stereocenters. The zero-order valence-electron chi connectivity index (χ0n) is 15.5. The van der Waals surface area contributed by atoms with Gasteiger partial charge >= 0.3 is 0 Å². The van der Waals surface area contributed by atoms with Gasteiger partial charge in [0.1, 0.15) is 0 Å². The molecule has 0 spiro atoms. The van der Waals surface area contributed by atoms with Crippen LogP contribution in [-0.4, -0.2) is 45.0 Å². The number of halogens is 1. The number of hydrogen-bond donors (Lipinski definition) is 0. The Hall–Kier alpha value is -1.25. The molecule has 28 heavy (non-hydrogen) atoms. The summed E-state index contributed by atoms with van der Waals surface area (Å²) < 4.78 is 2.61. The van der Waals surface area contributed by atoms with Crippen LogP contribution in [-0.2, 0) is 11.2 Å². The number of aryl methyl sites for hydroxylation is 1. The smallest absolute Gasteiger partial charge is 0.272 e. The molecule has 0 aliphatic carbocycles. The Morgan fingerprint density at radius 2 is 1.86 bits per heavy atom. The number of hydrogen-bond acceptors (Lipinski definition) is 5. The second-order valence-electron chi connectivity index (χ2n) is 6.97. The van der Waals surface area contributed by atoms with E-state index in [0.29, 0.717) is 10.9 Å².